The van der Waals surface area contributed by atoms with E-state index in [-0.39, 0.29) is 11.8 Å². The summed E-state index contributed by atoms with van der Waals surface area (Å²) < 4.78 is 0. The number of Topliss-reactive ketones (excluding diaryl/α,β-unsaturated/α-hetero) is 1. The minimum absolute atomic E-state index is 0.236. The summed E-state index contributed by atoms with van der Waals surface area (Å²) in [6.45, 7) is 3.51. The van der Waals surface area contributed by atoms with Crippen molar-refractivity contribution in [2.75, 3.05) is 33.2 Å². The van der Waals surface area contributed by atoms with Crippen LogP contribution in [0.4, 0.5) is 0 Å². The van der Waals surface area contributed by atoms with Crippen LogP contribution in [0.1, 0.15) is 22.0 Å². The summed E-state index contributed by atoms with van der Waals surface area (Å²) in [7, 11) is 2.10. The molecule has 2 N–H and O–H groups in total. The Hall–Kier alpha value is -2.47. The largest absolute Gasteiger partial charge is 0.383 e. The van der Waals surface area contributed by atoms with Crippen molar-refractivity contribution in [2.24, 2.45) is 0 Å². The Morgan fingerprint density at radius 1 is 1.00 bits per heavy atom. The number of nitrogens with zero attached hydrogens (tertiary/aromatic N) is 2. The molecule has 5 nitrogen and oxygen atoms in total. The topological polar surface area (TPSA) is 59.6 Å². The SMILES string of the molecule is CN1CCN([C@H](c2ccccc2)[C@H](O)C(=O)c2c[nH]c3ccccc23)CC1. The van der Waals surface area contributed by atoms with Crippen LogP contribution in [0.5, 0.6) is 0 Å². The molecule has 0 unspecified atom stereocenters. The second-order valence-corrected chi connectivity index (χ2v) is 7.25. The third-order valence-corrected chi connectivity index (χ3v) is 5.49. The highest BCUT2D eigenvalue weighted by atomic mass is 16.3. The van der Waals surface area contributed by atoms with E-state index < -0.39 is 6.10 Å². The maximum atomic E-state index is 13.2. The molecule has 2 heterocycles. The molecule has 5 heteroatoms. The van der Waals surface area contributed by atoms with E-state index >= 15 is 0 Å². The van der Waals surface area contributed by atoms with Gasteiger partial charge >= 0.3 is 0 Å². The van der Waals surface area contributed by atoms with Crippen molar-refractivity contribution < 1.29 is 9.90 Å². The van der Waals surface area contributed by atoms with Crippen molar-refractivity contribution in [3.05, 3.63) is 71.9 Å². The van der Waals surface area contributed by atoms with Gasteiger partial charge < -0.3 is 15.0 Å². The maximum absolute atomic E-state index is 13.2. The molecule has 1 fully saturated rings. The Kier molecular flexibility index (Phi) is 5.07. The summed E-state index contributed by atoms with van der Waals surface area (Å²) in [5.41, 5.74) is 2.43. The Balaban J connectivity index is 1.67. The number of nitrogens with one attached hydrogen (secondary N) is 1. The minimum Gasteiger partial charge on any atom is -0.383 e. The zero-order chi connectivity index (χ0) is 18.8. The third-order valence-electron chi connectivity index (χ3n) is 5.49. The number of fused-ring (bicyclic) bond motifs is 1. The quantitative estimate of drug-likeness (QED) is 0.685. The molecule has 3 aromatic rings. The standard InChI is InChI=1S/C22H25N3O2/c1-24-11-13-25(14-12-24)20(16-7-3-2-4-8-16)22(27)21(26)18-15-23-19-10-6-5-9-17(18)19/h2-10,15,20,22-23,27H,11-14H2,1H3/t20-,22+/m1/s1. The van der Waals surface area contributed by atoms with Crippen LogP contribution in [-0.2, 0) is 0 Å². The van der Waals surface area contributed by atoms with Gasteiger partial charge in [-0.1, -0.05) is 48.5 Å². The lowest BCUT2D eigenvalue weighted by atomic mass is 9.93. The molecule has 0 amide bonds. The van der Waals surface area contributed by atoms with Gasteiger partial charge in [-0.15, -0.1) is 0 Å². The molecule has 2 atom stereocenters. The molecule has 0 bridgehead atoms. The number of rotatable bonds is 5. The number of hydrogen-bond acceptors (Lipinski definition) is 4. The molecule has 140 valence electrons. The molecule has 4 rings (SSSR count). The van der Waals surface area contributed by atoms with Crippen LogP contribution in [0.2, 0.25) is 0 Å². The smallest absolute Gasteiger partial charge is 0.195 e. The zero-order valence-electron chi connectivity index (χ0n) is 15.5. The van der Waals surface area contributed by atoms with E-state index in [0.29, 0.717) is 5.56 Å². The Morgan fingerprint density at radius 3 is 2.41 bits per heavy atom. The molecule has 0 saturated carbocycles. The van der Waals surface area contributed by atoms with E-state index in [1.54, 1.807) is 6.20 Å². The fraction of sp³-hybridized carbons (Fsp3) is 0.318. The van der Waals surface area contributed by atoms with E-state index in [4.69, 9.17) is 0 Å². The van der Waals surface area contributed by atoms with E-state index in [9.17, 15) is 9.90 Å². The van der Waals surface area contributed by atoms with Crippen molar-refractivity contribution >= 4 is 16.7 Å². The van der Waals surface area contributed by atoms with E-state index in [1.165, 1.54) is 0 Å². The second-order valence-electron chi connectivity index (χ2n) is 7.25. The average molecular weight is 363 g/mol. The number of aromatic amines is 1. The number of carbonyl (C=O) groups excluding carboxylic acids is 1. The first-order valence-electron chi connectivity index (χ1n) is 9.41. The van der Waals surface area contributed by atoms with Gasteiger partial charge in [0.05, 0.1) is 6.04 Å². The number of aliphatic hydroxyl groups excluding tert-OH is 1. The number of H-pyrrole nitrogens is 1. The Morgan fingerprint density at radius 2 is 1.67 bits per heavy atom. The minimum atomic E-state index is -1.12. The molecule has 0 spiro atoms. The third kappa shape index (κ3) is 3.54. The Labute approximate surface area is 159 Å². The van der Waals surface area contributed by atoms with Crippen LogP contribution < -0.4 is 0 Å². The molecule has 27 heavy (non-hydrogen) atoms. The number of aliphatic hydroxyl groups is 1. The fourth-order valence-corrected chi connectivity index (χ4v) is 3.92. The summed E-state index contributed by atoms with van der Waals surface area (Å²) in [5.74, 6) is -0.236. The number of para-hydroxylation sites is 1. The lowest BCUT2D eigenvalue weighted by Gasteiger charge is -2.39. The molecular weight excluding hydrogens is 338 g/mol. The van der Waals surface area contributed by atoms with Crippen LogP contribution in [0.25, 0.3) is 10.9 Å². The molecule has 1 saturated heterocycles. The summed E-state index contributed by atoms with van der Waals surface area (Å²) in [5, 5.41) is 12.0. The van der Waals surface area contributed by atoms with Gasteiger partial charge in [-0.25, -0.2) is 0 Å². The van der Waals surface area contributed by atoms with Crippen molar-refractivity contribution in [3.63, 3.8) is 0 Å². The van der Waals surface area contributed by atoms with Crippen LogP contribution in [0.15, 0.2) is 60.8 Å². The zero-order valence-corrected chi connectivity index (χ0v) is 15.5. The van der Waals surface area contributed by atoms with Crippen molar-refractivity contribution in [1.29, 1.82) is 0 Å². The van der Waals surface area contributed by atoms with Crippen molar-refractivity contribution in [2.45, 2.75) is 12.1 Å². The van der Waals surface area contributed by atoms with Crippen molar-refractivity contribution in [3.8, 4) is 0 Å². The average Bonchev–Trinajstić information content (AvgIpc) is 3.14. The predicted molar refractivity (Wildman–Crippen MR) is 107 cm³/mol. The summed E-state index contributed by atoms with van der Waals surface area (Å²) >= 11 is 0. The number of hydrogen-bond donors (Lipinski definition) is 2. The van der Waals surface area contributed by atoms with Crippen LogP contribution in [-0.4, -0.2) is 65.0 Å². The van der Waals surface area contributed by atoms with Crippen LogP contribution >= 0.6 is 0 Å². The number of piperazine rings is 1. The summed E-state index contributed by atoms with van der Waals surface area (Å²) in [6.07, 6.45) is 0.595. The number of benzene rings is 2. The van der Waals surface area contributed by atoms with E-state index in [0.717, 1.165) is 42.6 Å². The Bertz CT molecular complexity index is 913. The van der Waals surface area contributed by atoms with Crippen LogP contribution in [0, 0.1) is 0 Å². The van der Waals surface area contributed by atoms with E-state index in [1.807, 2.05) is 54.6 Å². The predicted octanol–water partition coefficient (Wildman–Crippen LogP) is 2.70. The van der Waals surface area contributed by atoms with Gasteiger partial charge in [-0.2, -0.15) is 0 Å². The lowest BCUT2D eigenvalue weighted by Crippen LogP contribution is -2.50. The van der Waals surface area contributed by atoms with Gasteiger partial charge in [0.15, 0.2) is 5.78 Å². The monoisotopic (exact) mass is 363 g/mol. The fourth-order valence-electron chi connectivity index (χ4n) is 3.92. The summed E-state index contributed by atoms with van der Waals surface area (Å²) in [6, 6.07) is 17.2. The number of aromatic nitrogens is 1. The first-order chi connectivity index (χ1) is 13.1. The molecular formula is C22H25N3O2. The van der Waals surface area contributed by atoms with Gasteiger partial charge in [0, 0.05) is 48.8 Å². The number of ketones is 1. The molecule has 1 aromatic heterocycles. The lowest BCUT2D eigenvalue weighted by molar-refractivity contribution is 0.0227. The van der Waals surface area contributed by atoms with Gasteiger partial charge in [0.2, 0.25) is 0 Å². The van der Waals surface area contributed by atoms with Crippen molar-refractivity contribution in [1.82, 2.24) is 14.8 Å². The second kappa shape index (κ2) is 7.64. The molecule has 1 aliphatic rings. The molecule has 0 radical (unpaired) electrons. The normalized spacial score (nSPS) is 18.4. The molecule has 0 aliphatic carbocycles. The first-order valence-corrected chi connectivity index (χ1v) is 9.41. The highest BCUT2D eigenvalue weighted by molar-refractivity contribution is 6.10. The first kappa shape index (κ1) is 17.9. The number of carbonyl (C=O) groups is 1. The molecule has 1 aliphatic heterocycles. The maximum Gasteiger partial charge on any atom is 0.195 e. The van der Waals surface area contributed by atoms with Crippen LogP contribution in [0.3, 0.4) is 0 Å². The van der Waals surface area contributed by atoms with E-state index in [2.05, 4.69) is 21.8 Å². The summed E-state index contributed by atoms with van der Waals surface area (Å²) in [4.78, 5) is 20.9. The highest BCUT2D eigenvalue weighted by Gasteiger charge is 2.35. The van der Waals surface area contributed by atoms with Gasteiger partial charge in [0.25, 0.3) is 0 Å². The highest BCUT2D eigenvalue weighted by Crippen LogP contribution is 2.29. The number of likely N-dealkylation sites (N-methyl/N-ethyl adjacent to an activating group) is 1. The van der Waals surface area contributed by atoms with Gasteiger partial charge in [-0.05, 0) is 18.7 Å². The molecule has 2 aromatic carbocycles. The van der Waals surface area contributed by atoms with Gasteiger partial charge in [-0.3, -0.25) is 9.69 Å². The van der Waals surface area contributed by atoms with Gasteiger partial charge in [0.1, 0.15) is 6.10 Å².